The van der Waals surface area contributed by atoms with Gasteiger partial charge in [-0.1, -0.05) is 13.3 Å². The van der Waals surface area contributed by atoms with Gasteiger partial charge in [0.05, 0.1) is 11.6 Å². The molecule has 1 heterocycles. The van der Waals surface area contributed by atoms with Crippen LogP contribution in [-0.2, 0) is 4.79 Å². The number of carbonyl (C=O) groups excluding carboxylic acids is 1. The quantitative estimate of drug-likeness (QED) is 0.654. The van der Waals surface area contributed by atoms with Gasteiger partial charge in [0.15, 0.2) is 0 Å². The average Bonchev–Trinajstić information content (AvgIpc) is 2.31. The van der Waals surface area contributed by atoms with Crippen LogP contribution in [0.1, 0.15) is 33.1 Å². The molecule has 0 aromatic heterocycles. The zero-order chi connectivity index (χ0) is 8.27. The van der Waals surface area contributed by atoms with E-state index in [2.05, 4.69) is 17.5 Å². The summed E-state index contributed by atoms with van der Waals surface area (Å²) in [6.07, 6.45) is 3.23. The number of amides is 1. The molecule has 11 heavy (non-hydrogen) atoms. The molecule has 0 saturated heterocycles. The first-order valence-electron chi connectivity index (χ1n) is 4.12. The van der Waals surface area contributed by atoms with E-state index in [0.29, 0.717) is 0 Å². The molecule has 0 radical (unpaired) electrons. The van der Waals surface area contributed by atoms with E-state index < -0.39 is 0 Å². The van der Waals surface area contributed by atoms with Crippen LogP contribution in [0.2, 0.25) is 0 Å². The van der Waals surface area contributed by atoms with Crippen molar-refractivity contribution in [2.24, 2.45) is 11.0 Å². The van der Waals surface area contributed by atoms with E-state index in [-0.39, 0.29) is 11.8 Å². The second-order valence-electron chi connectivity index (χ2n) is 2.90. The Morgan fingerprint density at radius 1 is 1.64 bits per heavy atom. The number of nitrogens with one attached hydrogen (secondary N) is 1. The molecule has 0 aromatic rings. The summed E-state index contributed by atoms with van der Waals surface area (Å²) < 4.78 is 0. The predicted molar refractivity (Wildman–Crippen MR) is 44.3 cm³/mol. The molecular formula is C8H14N2O. The highest BCUT2D eigenvalue weighted by Crippen LogP contribution is 2.11. The van der Waals surface area contributed by atoms with E-state index in [9.17, 15) is 4.79 Å². The van der Waals surface area contributed by atoms with Gasteiger partial charge in [-0.25, -0.2) is 5.43 Å². The van der Waals surface area contributed by atoms with Crippen LogP contribution in [0.4, 0.5) is 0 Å². The lowest BCUT2D eigenvalue weighted by molar-refractivity contribution is -0.121. The van der Waals surface area contributed by atoms with E-state index in [4.69, 9.17) is 0 Å². The van der Waals surface area contributed by atoms with Crippen LogP contribution in [-0.4, -0.2) is 11.6 Å². The van der Waals surface area contributed by atoms with E-state index in [1.807, 2.05) is 6.92 Å². The summed E-state index contributed by atoms with van der Waals surface area (Å²) in [5.41, 5.74) is 3.49. The summed E-state index contributed by atoms with van der Waals surface area (Å²) in [5.74, 6) is 0.0395. The second-order valence-corrected chi connectivity index (χ2v) is 2.90. The van der Waals surface area contributed by atoms with E-state index in [1.54, 1.807) is 0 Å². The summed E-state index contributed by atoms with van der Waals surface area (Å²) in [4.78, 5) is 10.9. The standard InChI is InChI=1S/C8H14N2O/c1-3-4-5-7-6(2)8(11)10-9-7/h6H,3-5H2,1-2H3,(H,10,11). The Morgan fingerprint density at radius 2 is 2.36 bits per heavy atom. The lowest BCUT2D eigenvalue weighted by Crippen LogP contribution is -2.19. The van der Waals surface area contributed by atoms with Crippen molar-refractivity contribution in [1.29, 1.82) is 0 Å². The fraction of sp³-hybridized carbons (Fsp3) is 0.750. The molecule has 62 valence electrons. The van der Waals surface area contributed by atoms with E-state index in [1.165, 1.54) is 0 Å². The minimum Gasteiger partial charge on any atom is -0.272 e. The van der Waals surface area contributed by atoms with Crippen LogP contribution in [0.3, 0.4) is 0 Å². The van der Waals surface area contributed by atoms with Crippen molar-refractivity contribution < 1.29 is 4.79 Å². The fourth-order valence-corrected chi connectivity index (χ4v) is 1.10. The minimum absolute atomic E-state index is 0.00144. The Bertz CT molecular complexity index is 187. The Balaban J connectivity index is 2.41. The predicted octanol–water partition coefficient (Wildman–Crippen LogP) is 1.30. The van der Waals surface area contributed by atoms with Gasteiger partial charge in [0.1, 0.15) is 0 Å². The van der Waals surface area contributed by atoms with E-state index >= 15 is 0 Å². The summed E-state index contributed by atoms with van der Waals surface area (Å²) in [5, 5.41) is 3.95. The van der Waals surface area contributed by atoms with Crippen LogP contribution >= 0.6 is 0 Å². The monoisotopic (exact) mass is 154 g/mol. The third-order valence-corrected chi connectivity index (χ3v) is 1.99. The topological polar surface area (TPSA) is 41.5 Å². The van der Waals surface area contributed by atoms with Gasteiger partial charge in [-0.15, -0.1) is 0 Å². The van der Waals surface area contributed by atoms with Gasteiger partial charge in [-0.05, 0) is 19.8 Å². The molecule has 3 heteroatoms. The first-order chi connectivity index (χ1) is 5.25. The molecule has 1 aliphatic heterocycles. The Kier molecular flexibility index (Phi) is 2.63. The van der Waals surface area contributed by atoms with Crippen molar-refractivity contribution >= 4 is 11.6 Å². The van der Waals surface area contributed by atoms with Gasteiger partial charge in [0, 0.05) is 0 Å². The number of unbranched alkanes of at least 4 members (excludes halogenated alkanes) is 1. The Labute approximate surface area is 66.9 Å². The van der Waals surface area contributed by atoms with Crippen molar-refractivity contribution in [2.45, 2.75) is 33.1 Å². The zero-order valence-electron chi connectivity index (χ0n) is 7.05. The number of hydrogen-bond acceptors (Lipinski definition) is 2. The first-order valence-corrected chi connectivity index (χ1v) is 4.12. The van der Waals surface area contributed by atoms with Crippen LogP contribution in [0.25, 0.3) is 0 Å². The molecule has 0 fully saturated rings. The molecule has 1 atom stereocenters. The van der Waals surface area contributed by atoms with Gasteiger partial charge >= 0.3 is 0 Å². The van der Waals surface area contributed by atoms with Crippen LogP contribution in [0, 0.1) is 5.92 Å². The van der Waals surface area contributed by atoms with Crippen molar-refractivity contribution in [3.63, 3.8) is 0 Å². The molecular weight excluding hydrogens is 140 g/mol. The Morgan fingerprint density at radius 3 is 2.82 bits per heavy atom. The number of hydrogen-bond donors (Lipinski definition) is 1. The SMILES string of the molecule is CCCCC1=NNC(=O)C1C. The highest BCUT2D eigenvalue weighted by molar-refractivity contribution is 6.07. The highest BCUT2D eigenvalue weighted by atomic mass is 16.2. The lowest BCUT2D eigenvalue weighted by atomic mass is 10.0. The largest absolute Gasteiger partial charge is 0.272 e. The van der Waals surface area contributed by atoms with Crippen LogP contribution in [0.15, 0.2) is 5.10 Å². The third kappa shape index (κ3) is 1.79. The number of hydrazone groups is 1. The summed E-state index contributed by atoms with van der Waals surface area (Å²) in [7, 11) is 0. The van der Waals surface area contributed by atoms with Gasteiger partial charge in [0.25, 0.3) is 0 Å². The molecule has 1 aliphatic rings. The van der Waals surface area contributed by atoms with Gasteiger partial charge in [-0.2, -0.15) is 5.10 Å². The van der Waals surface area contributed by atoms with Crippen LogP contribution < -0.4 is 5.43 Å². The summed E-state index contributed by atoms with van der Waals surface area (Å²) in [6.45, 7) is 4.03. The summed E-state index contributed by atoms with van der Waals surface area (Å²) >= 11 is 0. The van der Waals surface area contributed by atoms with Gasteiger partial charge in [0.2, 0.25) is 5.91 Å². The lowest BCUT2D eigenvalue weighted by Gasteiger charge is -2.01. The normalized spacial score (nSPS) is 23.3. The van der Waals surface area contributed by atoms with Crippen molar-refractivity contribution in [3.05, 3.63) is 0 Å². The summed E-state index contributed by atoms with van der Waals surface area (Å²) in [6, 6.07) is 0. The maximum absolute atomic E-state index is 10.9. The van der Waals surface area contributed by atoms with Crippen molar-refractivity contribution in [3.8, 4) is 0 Å². The van der Waals surface area contributed by atoms with Gasteiger partial charge in [-0.3, -0.25) is 4.79 Å². The van der Waals surface area contributed by atoms with Crippen LogP contribution in [0.5, 0.6) is 0 Å². The smallest absolute Gasteiger partial charge is 0.248 e. The second kappa shape index (κ2) is 3.51. The molecule has 1 amide bonds. The van der Waals surface area contributed by atoms with Crippen molar-refractivity contribution in [2.75, 3.05) is 0 Å². The maximum atomic E-state index is 10.9. The molecule has 1 rings (SSSR count). The zero-order valence-corrected chi connectivity index (χ0v) is 7.05. The maximum Gasteiger partial charge on any atom is 0.248 e. The molecule has 0 aliphatic carbocycles. The molecule has 0 saturated carbocycles. The minimum atomic E-state index is 0.00144. The molecule has 0 spiro atoms. The first kappa shape index (κ1) is 8.24. The number of carbonyl (C=O) groups is 1. The molecule has 0 aromatic carbocycles. The molecule has 1 N–H and O–H groups in total. The Hall–Kier alpha value is -0.860. The molecule has 1 unspecified atom stereocenters. The third-order valence-electron chi connectivity index (χ3n) is 1.99. The molecule has 0 bridgehead atoms. The number of nitrogens with zero attached hydrogens (tertiary/aromatic N) is 1. The number of rotatable bonds is 3. The van der Waals surface area contributed by atoms with Gasteiger partial charge < -0.3 is 0 Å². The van der Waals surface area contributed by atoms with E-state index in [0.717, 1.165) is 25.0 Å². The molecule has 3 nitrogen and oxygen atoms in total. The fourth-order valence-electron chi connectivity index (χ4n) is 1.10. The average molecular weight is 154 g/mol. The highest BCUT2D eigenvalue weighted by Gasteiger charge is 2.23. The van der Waals surface area contributed by atoms with Crippen molar-refractivity contribution in [1.82, 2.24) is 5.43 Å².